The SMILES string of the molecule is N[C@@H](Cc1cnc[nH]1)C(=O)[O][Au]. The van der Waals surface area contributed by atoms with Gasteiger partial charge in [0.1, 0.15) is 0 Å². The quantitative estimate of drug-likeness (QED) is 0.705. The summed E-state index contributed by atoms with van der Waals surface area (Å²) >= 11 is 1.68. The van der Waals surface area contributed by atoms with E-state index >= 15 is 0 Å². The molecule has 0 saturated carbocycles. The van der Waals surface area contributed by atoms with Gasteiger partial charge in [0.15, 0.2) is 0 Å². The van der Waals surface area contributed by atoms with Crippen LogP contribution in [0, 0.1) is 0 Å². The van der Waals surface area contributed by atoms with Gasteiger partial charge < -0.3 is 0 Å². The summed E-state index contributed by atoms with van der Waals surface area (Å²) in [5, 5.41) is 0. The first kappa shape index (κ1) is 9.47. The van der Waals surface area contributed by atoms with Gasteiger partial charge in [-0.1, -0.05) is 0 Å². The number of carbonyl (C=O) groups is 1. The first-order valence-corrected chi connectivity index (χ1v) is 4.14. The second kappa shape index (κ2) is 4.42. The number of H-pyrrole nitrogens is 1. The topological polar surface area (TPSA) is 81.0 Å². The molecule has 0 bridgehead atoms. The van der Waals surface area contributed by atoms with Crippen LogP contribution in [0.5, 0.6) is 0 Å². The van der Waals surface area contributed by atoms with Crippen molar-refractivity contribution in [2.24, 2.45) is 5.73 Å². The predicted molar refractivity (Wildman–Crippen MR) is 36.4 cm³/mol. The number of hydrogen-bond acceptors (Lipinski definition) is 4. The Morgan fingerprint density at radius 2 is 2.67 bits per heavy atom. The molecule has 70 valence electrons. The van der Waals surface area contributed by atoms with Gasteiger partial charge in [0.2, 0.25) is 0 Å². The van der Waals surface area contributed by atoms with Crippen molar-refractivity contribution >= 4 is 5.97 Å². The molecule has 1 aromatic rings. The Morgan fingerprint density at radius 3 is 3.17 bits per heavy atom. The van der Waals surface area contributed by atoms with Crippen LogP contribution in [0.25, 0.3) is 0 Å². The van der Waals surface area contributed by atoms with Crippen molar-refractivity contribution in [2.45, 2.75) is 12.5 Å². The van der Waals surface area contributed by atoms with Crippen molar-refractivity contribution < 1.29 is 29.5 Å². The van der Waals surface area contributed by atoms with Crippen molar-refractivity contribution in [3.05, 3.63) is 18.2 Å². The molecule has 0 aromatic carbocycles. The number of aromatic nitrogens is 2. The zero-order valence-electron chi connectivity index (χ0n) is 6.08. The Balaban J connectivity index is 2.47. The van der Waals surface area contributed by atoms with Crippen molar-refractivity contribution in [3.8, 4) is 0 Å². The fraction of sp³-hybridized carbons (Fsp3) is 0.333. The summed E-state index contributed by atoms with van der Waals surface area (Å²) < 4.78 is 4.41. The molecular weight excluding hydrogens is 343 g/mol. The molecule has 12 heavy (non-hydrogen) atoms. The molecule has 0 fully saturated rings. The van der Waals surface area contributed by atoms with Crippen LogP contribution >= 0.6 is 0 Å². The molecule has 0 aliphatic heterocycles. The Morgan fingerprint density at radius 1 is 1.92 bits per heavy atom. The normalized spacial score (nSPS) is 12.6. The molecule has 0 aliphatic rings. The second-order valence-corrected chi connectivity index (χ2v) is 2.71. The summed E-state index contributed by atoms with van der Waals surface area (Å²) in [6.45, 7) is 0. The second-order valence-electron chi connectivity index (χ2n) is 2.27. The minimum atomic E-state index is -0.629. The van der Waals surface area contributed by atoms with Gasteiger partial charge in [-0.2, -0.15) is 0 Å². The first-order valence-electron chi connectivity index (χ1n) is 3.26. The summed E-state index contributed by atoms with van der Waals surface area (Å²) in [6.07, 6.45) is 3.58. The molecular formula is C6H8AuN3O2. The van der Waals surface area contributed by atoms with E-state index in [1.807, 2.05) is 0 Å². The zero-order valence-corrected chi connectivity index (χ0v) is 8.25. The number of rotatable bonds is 3. The summed E-state index contributed by atoms with van der Waals surface area (Å²) in [6, 6.07) is -0.629. The van der Waals surface area contributed by atoms with Gasteiger partial charge in [-0.05, 0) is 0 Å². The van der Waals surface area contributed by atoms with E-state index in [4.69, 9.17) is 5.73 Å². The third-order valence-electron chi connectivity index (χ3n) is 1.36. The van der Waals surface area contributed by atoms with Crippen LogP contribution in [0.15, 0.2) is 12.5 Å². The van der Waals surface area contributed by atoms with Crippen LogP contribution in [0.1, 0.15) is 5.69 Å². The van der Waals surface area contributed by atoms with E-state index in [1.165, 1.54) is 6.33 Å². The summed E-state index contributed by atoms with van der Waals surface area (Å²) in [5.74, 6) is -0.437. The minimum absolute atomic E-state index is 0.414. The maximum absolute atomic E-state index is 10.8. The van der Waals surface area contributed by atoms with Crippen molar-refractivity contribution in [2.75, 3.05) is 0 Å². The molecule has 0 spiro atoms. The standard InChI is InChI=1S/C6H9N3O2.Au/c7-5(6(10)11)1-4-2-8-3-9-4;/h2-3,5H,1,7H2,(H,8,9)(H,10,11);/q;+1/p-1/t5-;/m0./s1. The summed E-state index contributed by atoms with van der Waals surface area (Å²) in [7, 11) is 0. The average Bonchev–Trinajstić information content (AvgIpc) is 2.55. The van der Waals surface area contributed by atoms with E-state index in [0.29, 0.717) is 6.42 Å². The molecule has 1 aromatic heterocycles. The fourth-order valence-electron chi connectivity index (χ4n) is 0.762. The Kier molecular flexibility index (Phi) is 3.48. The monoisotopic (exact) mass is 351 g/mol. The van der Waals surface area contributed by atoms with Crippen LogP contribution in [0.2, 0.25) is 0 Å². The molecule has 5 nitrogen and oxygen atoms in total. The van der Waals surface area contributed by atoms with E-state index in [-0.39, 0.29) is 0 Å². The number of nitrogens with two attached hydrogens (primary N) is 1. The van der Waals surface area contributed by atoms with Crippen molar-refractivity contribution in [1.29, 1.82) is 0 Å². The Labute approximate surface area is 82.1 Å². The number of aromatic amines is 1. The number of hydrogen-bond donors (Lipinski definition) is 2. The van der Waals surface area contributed by atoms with E-state index in [9.17, 15) is 4.79 Å². The first-order chi connectivity index (χ1) is 5.74. The van der Waals surface area contributed by atoms with Gasteiger partial charge in [0.25, 0.3) is 0 Å². The van der Waals surface area contributed by atoms with Gasteiger partial charge in [0, 0.05) is 0 Å². The molecule has 0 amide bonds. The fourth-order valence-corrected chi connectivity index (χ4v) is 1.09. The van der Waals surface area contributed by atoms with Gasteiger partial charge in [-0.25, -0.2) is 0 Å². The molecule has 0 aliphatic carbocycles. The van der Waals surface area contributed by atoms with E-state index in [1.54, 1.807) is 27.7 Å². The summed E-state index contributed by atoms with van der Waals surface area (Å²) in [4.78, 5) is 17.5. The van der Waals surface area contributed by atoms with E-state index in [2.05, 4.69) is 13.2 Å². The van der Waals surface area contributed by atoms with Crippen molar-refractivity contribution in [3.63, 3.8) is 0 Å². The van der Waals surface area contributed by atoms with Gasteiger partial charge >= 0.3 is 81.9 Å². The van der Waals surface area contributed by atoms with Gasteiger partial charge in [-0.15, -0.1) is 0 Å². The van der Waals surface area contributed by atoms with Gasteiger partial charge in [-0.3, -0.25) is 0 Å². The number of imidazole rings is 1. The molecule has 0 saturated heterocycles. The van der Waals surface area contributed by atoms with E-state index < -0.39 is 12.0 Å². The van der Waals surface area contributed by atoms with Gasteiger partial charge in [0.05, 0.1) is 0 Å². The maximum atomic E-state index is 10.8. The van der Waals surface area contributed by atoms with Crippen molar-refractivity contribution in [1.82, 2.24) is 9.97 Å². The number of nitrogens with one attached hydrogen (secondary N) is 1. The van der Waals surface area contributed by atoms with Crippen LogP contribution in [-0.4, -0.2) is 22.0 Å². The van der Waals surface area contributed by atoms with Crippen LogP contribution in [-0.2, 0) is 35.9 Å². The third kappa shape index (κ3) is 2.46. The molecule has 6 heteroatoms. The molecule has 0 unspecified atom stereocenters. The number of nitrogens with zero attached hydrogens (tertiary/aromatic N) is 1. The number of carbonyl (C=O) groups excluding carboxylic acids is 1. The van der Waals surface area contributed by atoms with Crippen LogP contribution < -0.4 is 5.73 Å². The Bertz CT molecular complexity index is 249. The van der Waals surface area contributed by atoms with Crippen LogP contribution in [0.4, 0.5) is 0 Å². The predicted octanol–water partition coefficient (Wildman–Crippen LogP) is -0.716. The van der Waals surface area contributed by atoms with E-state index in [0.717, 1.165) is 5.69 Å². The molecule has 1 rings (SSSR count). The average molecular weight is 351 g/mol. The Hall–Kier alpha value is -0.620. The van der Waals surface area contributed by atoms with Crippen LogP contribution in [0.3, 0.4) is 0 Å². The third-order valence-corrected chi connectivity index (χ3v) is 1.79. The molecule has 1 heterocycles. The summed E-state index contributed by atoms with van der Waals surface area (Å²) in [5.41, 5.74) is 6.31. The molecule has 1 atom stereocenters. The molecule has 3 N–H and O–H groups in total. The zero-order chi connectivity index (χ0) is 8.97. The molecule has 0 radical (unpaired) electrons.